The third-order valence-electron chi connectivity index (χ3n) is 5.36. The molecule has 0 fully saturated rings. The Morgan fingerprint density at radius 2 is 1.75 bits per heavy atom. The van der Waals surface area contributed by atoms with Crippen LogP contribution in [0.15, 0.2) is 53.4 Å². The fourth-order valence-corrected chi connectivity index (χ4v) is 4.68. The maximum atomic E-state index is 12.5. The van der Waals surface area contributed by atoms with Gasteiger partial charge in [0.2, 0.25) is 15.9 Å². The first-order chi connectivity index (χ1) is 13.5. The molecular formula is C22H28N2O3S. The van der Waals surface area contributed by atoms with Gasteiger partial charge in [0.25, 0.3) is 0 Å². The summed E-state index contributed by atoms with van der Waals surface area (Å²) in [5.41, 5.74) is 3.50. The van der Waals surface area contributed by atoms with Gasteiger partial charge in [-0.2, -0.15) is 0 Å². The van der Waals surface area contributed by atoms with Crippen LogP contribution in [0.2, 0.25) is 0 Å². The van der Waals surface area contributed by atoms with Crippen molar-refractivity contribution in [2.24, 2.45) is 0 Å². The average Bonchev–Trinajstić information content (AvgIpc) is 2.73. The Labute approximate surface area is 167 Å². The number of sulfonamides is 1. The second-order valence-electron chi connectivity index (χ2n) is 7.28. The topological polar surface area (TPSA) is 75.3 Å². The number of fused-ring (bicyclic) bond motifs is 1. The highest BCUT2D eigenvalue weighted by molar-refractivity contribution is 7.89. The molecular weight excluding hydrogens is 372 g/mol. The molecule has 0 unspecified atom stereocenters. The molecule has 1 amide bonds. The number of carbonyl (C=O) groups excluding carboxylic acids is 1. The number of aryl methyl sites for hydroxylation is 2. The van der Waals surface area contributed by atoms with E-state index in [2.05, 4.69) is 17.0 Å². The second-order valence-corrected chi connectivity index (χ2v) is 9.05. The number of nitrogens with one attached hydrogen (secondary N) is 2. The summed E-state index contributed by atoms with van der Waals surface area (Å²) in [5.74, 6) is -0.113. The molecule has 0 radical (unpaired) electrons. The molecule has 28 heavy (non-hydrogen) atoms. The molecule has 0 saturated heterocycles. The fourth-order valence-electron chi connectivity index (χ4n) is 3.64. The minimum absolute atomic E-state index is 0.211. The van der Waals surface area contributed by atoms with Crippen LogP contribution in [0.3, 0.4) is 0 Å². The highest BCUT2D eigenvalue weighted by Crippen LogP contribution is 2.24. The molecule has 150 valence electrons. The lowest BCUT2D eigenvalue weighted by molar-refractivity contribution is -0.120. The Hall–Kier alpha value is -2.18. The van der Waals surface area contributed by atoms with Crippen LogP contribution in [-0.4, -0.2) is 27.4 Å². The summed E-state index contributed by atoms with van der Waals surface area (Å²) in [5, 5.41) is 2.84. The summed E-state index contributed by atoms with van der Waals surface area (Å²) in [7, 11) is -3.70. The summed E-state index contributed by atoms with van der Waals surface area (Å²) in [4.78, 5) is 12.4. The van der Waals surface area contributed by atoms with Gasteiger partial charge in [-0.05, 0) is 60.9 Å². The van der Waals surface area contributed by atoms with E-state index in [1.807, 2.05) is 36.4 Å². The molecule has 3 rings (SSSR count). The second kappa shape index (κ2) is 9.34. The zero-order valence-corrected chi connectivity index (χ0v) is 17.1. The van der Waals surface area contributed by atoms with Crippen molar-refractivity contribution in [2.45, 2.75) is 49.8 Å². The Morgan fingerprint density at radius 1 is 1.04 bits per heavy atom. The molecule has 0 heterocycles. The van der Waals surface area contributed by atoms with Crippen LogP contribution in [0, 0.1) is 0 Å². The van der Waals surface area contributed by atoms with Crippen molar-refractivity contribution < 1.29 is 13.2 Å². The van der Waals surface area contributed by atoms with Gasteiger partial charge in [-0.1, -0.05) is 43.3 Å². The fraction of sp³-hybridized carbons (Fsp3) is 0.409. The average molecular weight is 401 g/mol. The summed E-state index contributed by atoms with van der Waals surface area (Å²) < 4.78 is 27.5. The predicted octanol–water partition coefficient (Wildman–Crippen LogP) is 3.15. The van der Waals surface area contributed by atoms with E-state index in [-0.39, 0.29) is 23.3 Å². The van der Waals surface area contributed by atoms with Crippen LogP contribution in [0.1, 0.15) is 48.8 Å². The van der Waals surface area contributed by atoms with E-state index < -0.39 is 10.0 Å². The van der Waals surface area contributed by atoms with Gasteiger partial charge in [-0.3, -0.25) is 4.79 Å². The number of hydrogen-bond donors (Lipinski definition) is 2. The van der Waals surface area contributed by atoms with E-state index in [0.717, 1.165) is 37.7 Å². The molecule has 0 aliphatic heterocycles. The minimum atomic E-state index is -3.70. The van der Waals surface area contributed by atoms with Crippen molar-refractivity contribution in [3.63, 3.8) is 0 Å². The van der Waals surface area contributed by atoms with Crippen LogP contribution in [0.4, 0.5) is 0 Å². The lowest BCUT2D eigenvalue weighted by atomic mass is 9.92. The molecule has 5 nitrogen and oxygen atoms in total. The zero-order chi connectivity index (χ0) is 20.0. The molecule has 1 atom stereocenters. The maximum Gasteiger partial charge on any atom is 0.241 e. The largest absolute Gasteiger partial charge is 0.354 e. The van der Waals surface area contributed by atoms with Crippen molar-refractivity contribution in [1.82, 2.24) is 10.0 Å². The maximum absolute atomic E-state index is 12.5. The van der Waals surface area contributed by atoms with Crippen molar-refractivity contribution >= 4 is 15.9 Å². The van der Waals surface area contributed by atoms with E-state index in [9.17, 15) is 13.2 Å². The van der Waals surface area contributed by atoms with Gasteiger partial charge in [-0.25, -0.2) is 13.1 Å². The third-order valence-corrected chi connectivity index (χ3v) is 6.76. The monoisotopic (exact) mass is 400 g/mol. The lowest BCUT2D eigenvalue weighted by Gasteiger charge is -2.17. The Bertz CT molecular complexity index is 911. The van der Waals surface area contributed by atoms with Crippen LogP contribution >= 0.6 is 0 Å². The highest BCUT2D eigenvalue weighted by atomic mass is 32.2. The van der Waals surface area contributed by atoms with Crippen molar-refractivity contribution in [2.75, 3.05) is 13.1 Å². The Morgan fingerprint density at radius 3 is 2.46 bits per heavy atom. The molecule has 2 N–H and O–H groups in total. The summed E-state index contributed by atoms with van der Waals surface area (Å²) in [6.07, 6.45) is 5.05. The van der Waals surface area contributed by atoms with E-state index in [0.29, 0.717) is 6.54 Å². The molecule has 0 aromatic heterocycles. The van der Waals surface area contributed by atoms with Crippen molar-refractivity contribution in [1.29, 1.82) is 0 Å². The van der Waals surface area contributed by atoms with E-state index in [1.54, 1.807) is 12.1 Å². The van der Waals surface area contributed by atoms with Crippen molar-refractivity contribution in [3.05, 3.63) is 65.2 Å². The molecule has 6 heteroatoms. The molecule has 0 saturated carbocycles. The number of rotatable bonds is 8. The third kappa shape index (κ3) is 5.20. The first-order valence-corrected chi connectivity index (χ1v) is 11.4. The quantitative estimate of drug-likeness (QED) is 0.715. The van der Waals surface area contributed by atoms with Gasteiger partial charge in [0.05, 0.1) is 11.4 Å². The standard InChI is InChI=1S/C22H28N2O3S/c1-2-17(18-8-4-3-5-9-18)15-23-22(25)16-24-28(26,27)21-13-12-19-10-6-7-11-20(19)14-21/h3-5,8-9,12-14,17,24H,2,6-7,10-11,15-16H2,1H3,(H,23,25)/t17-/m0/s1. The summed E-state index contributed by atoms with van der Waals surface area (Å²) in [6.45, 7) is 2.30. The van der Waals surface area contributed by atoms with Gasteiger partial charge in [0.1, 0.15) is 0 Å². The molecule has 2 aromatic rings. The molecule has 1 aliphatic rings. The van der Waals surface area contributed by atoms with Gasteiger partial charge < -0.3 is 5.32 Å². The number of carbonyl (C=O) groups is 1. The van der Waals surface area contributed by atoms with E-state index >= 15 is 0 Å². The number of hydrogen-bond acceptors (Lipinski definition) is 3. The summed E-state index contributed by atoms with van der Waals surface area (Å²) in [6, 6.07) is 15.3. The molecule has 1 aliphatic carbocycles. The molecule has 2 aromatic carbocycles. The first-order valence-electron chi connectivity index (χ1n) is 9.92. The number of benzene rings is 2. The first kappa shape index (κ1) is 20.6. The van der Waals surface area contributed by atoms with Gasteiger partial charge in [0.15, 0.2) is 0 Å². The molecule has 0 bridgehead atoms. The summed E-state index contributed by atoms with van der Waals surface area (Å²) >= 11 is 0. The van der Waals surface area contributed by atoms with Crippen molar-refractivity contribution in [3.8, 4) is 0 Å². The SMILES string of the molecule is CC[C@@H](CNC(=O)CNS(=O)(=O)c1ccc2c(c1)CCCC2)c1ccccc1. The van der Waals surface area contributed by atoms with Crippen LogP contribution in [0.25, 0.3) is 0 Å². The number of amides is 1. The van der Waals surface area contributed by atoms with Crippen LogP contribution < -0.4 is 10.0 Å². The van der Waals surface area contributed by atoms with E-state index in [1.165, 1.54) is 11.1 Å². The Balaban J connectivity index is 1.54. The van der Waals surface area contributed by atoms with Gasteiger partial charge in [0, 0.05) is 12.5 Å². The zero-order valence-electron chi connectivity index (χ0n) is 16.3. The van der Waals surface area contributed by atoms with Gasteiger partial charge >= 0.3 is 0 Å². The minimum Gasteiger partial charge on any atom is -0.354 e. The van der Waals surface area contributed by atoms with E-state index in [4.69, 9.17) is 0 Å². The van der Waals surface area contributed by atoms with Crippen LogP contribution in [-0.2, 0) is 27.7 Å². The lowest BCUT2D eigenvalue weighted by Crippen LogP contribution is -2.38. The predicted molar refractivity (Wildman–Crippen MR) is 111 cm³/mol. The Kier molecular flexibility index (Phi) is 6.86. The van der Waals surface area contributed by atoms with Gasteiger partial charge in [-0.15, -0.1) is 0 Å². The highest BCUT2D eigenvalue weighted by Gasteiger charge is 2.19. The van der Waals surface area contributed by atoms with Crippen LogP contribution in [0.5, 0.6) is 0 Å². The molecule has 0 spiro atoms. The normalized spacial score (nSPS) is 14.9. The smallest absolute Gasteiger partial charge is 0.241 e.